The Hall–Kier alpha value is -2.12. The van der Waals surface area contributed by atoms with Crippen LogP contribution in [0.1, 0.15) is 42.1 Å². The summed E-state index contributed by atoms with van der Waals surface area (Å²) in [5.41, 5.74) is 1.12. The van der Waals surface area contributed by atoms with Crippen LogP contribution in [-0.4, -0.2) is 44.8 Å². The molecule has 0 bridgehead atoms. The zero-order valence-corrected chi connectivity index (χ0v) is 16.2. The van der Waals surface area contributed by atoms with E-state index in [1.54, 1.807) is 11.6 Å². The molecule has 4 rings (SSSR count). The van der Waals surface area contributed by atoms with Crippen molar-refractivity contribution in [3.8, 4) is 11.6 Å². The highest BCUT2D eigenvalue weighted by molar-refractivity contribution is 7.17. The first-order valence-corrected chi connectivity index (χ1v) is 9.81. The van der Waals surface area contributed by atoms with Crippen molar-refractivity contribution in [1.82, 2.24) is 19.5 Å². The molecule has 2 atom stereocenters. The van der Waals surface area contributed by atoms with Gasteiger partial charge in [-0.1, -0.05) is 30.4 Å². The summed E-state index contributed by atoms with van der Waals surface area (Å²) in [4.78, 5) is 8.51. The highest BCUT2D eigenvalue weighted by atomic mass is 32.1. The maximum absolute atomic E-state index is 10.9. The molecule has 1 fully saturated rings. The summed E-state index contributed by atoms with van der Waals surface area (Å²) in [7, 11) is 1.68. The Bertz CT molecular complexity index is 920. The Morgan fingerprint density at radius 1 is 1.38 bits per heavy atom. The van der Waals surface area contributed by atoms with Crippen molar-refractivity contribution in [1.29, 1.82) is 0 Å². The van der Waals surface area contributed by atoms with Gasteiger partial charge in [0.1, 0.15) is 11.6 Å². The molecule has 0 amide bonds. The molecule has 3 aromatic rings. The second-order valence-electron chi connectivity index (χ2n) is 7.06. The lowest BCUT2D eigenvalue weighted by molar-refractivity contribution is 0.149. The number of hydrogen-bond donors (Lipinski definition) is 1. The van der Waals surface area contributed by atoms with Gasteiger partial charge < -0.3 is 9.84 Å². The third-order valence-electron chi connectivity index (χ3n) is 5.02. The van der Waals surface area contributed by atoms with Gasteiger partial charge in [-0.05, 0) is 49.9 Å². The lowest BCUT2D eigenvalue weighted by atomic mass is 9.95. The van der Waals surface area contributed by atoms with Crippen molar-refractivity contribution in [3.05, 3.63) is 40.5 Å². The first-order valence-electron chi connectivity index (χ1n) is 9.00. The number of ether oxygens (including phenoxy) is 1. The molecule has 1 aliphatic rings. The smallest absolute Gasteiger partial charge is 0.230 e. The van der Waals surface area contributed by atoms with Crippen LogP contribution in [0.3, 0.4) is 0 Å². The van der Waals surface area contributed by atoms with E-state index in [1.807, 2.05) is 19.1 Å². The molecule has 26 heavy (non-hydrogen) atoms. The fourth-order valence-corrected chi connectivity index (χ4v) is 4.99. The third-order valence-corrected chi connectivity index (χ3v) is 6.09. The summed E-state index contributed by atoms with van der Waals surface area (Å²) in [5.74, 6) is 2.33. The largest absolute Gasteiger partial charge is 0.497 e. The van der Waals surface area contributed by atoms with Crippen molar-refractivity contribution in [2.45, 2.75) is 32.7 Å². The fraction of sp³-hybridized carbons (Fsp3) is 0.474. The van der Waals surface area contributed by atoms with Crippen molar-refractivity contribution in [2.75, 3.05) is 20.2 Å². The molecule has 1 aromatic carbocycles. The molecule has 0 spiro atoms. The third kappa shape index (κ3) is 3.05. The van der Waals surface area contributed by atoms with Crippen LogP contribution in [0.15, 0.2) is 24.3 Å². The van der Waals surface area contributed by atoms with E-state index >= 15 is 0 Å². The Labute approximate surface area is 157 Å². The quantitative estimate of drug-likeness (QED) is 0.758. The predicted octanol–water partition coefficient (Wildman–Crippen LogP) is 3.63. The molecular formula is C19H24N4O2S. The molecule has 1 aliphatic heterocycles. The maximum Gasteiger partial charge on any atom is 0.230 e. The second kappa shape index (κ2) is 6.89. The van der Waals surface area contributed by atoms with Crippen LogP contribution in [0.25, 0.3) is 4.96 Å². The summed E-state index contributed by atoms with van der Waals surface area (Å²) >= 11 is 1.51. The number of fused-ring (bicyclic) bond motifs is 1. The lowest BCUT2D eigenvalue weighted by Crippen LogP contribution is -2.37. The Balaban J connectivity index is 1.83. The first-order chi connectivity index (χ1) is 12.6. The molecule has 3 heterocycles. The molecule has 0 radical (unpaired) electrons. The van der Waals surface area contributed by atoms with E-state index < -0.39 is 0 Å². The molecule has 2 aromatic heterocycles. The Morgan fingerprint density at radius 3 is 2.96 bits per heavy atom. The van der Waals surface area contributed by atoms with E-state index in [0.29, 0.717) is 11.7 Å². The van der Waals surface area contributed by atoms with Crippen molar-refractivity contribution in [3.63, 3.8) is 0 Å². The molecule has 0 unspecified atom stereocenters. The summed E-state index contributed by atoms with van der Waals surface area (Å²) in [6, 6.07) is 8.09. The number of hydrogen-bond acceptors (Lipinski definition) is 6. The van der Waals surface area contributed by atoms with Crippen LogP contribution < -0.4 is 4.74 Å². The number of aryl methyl sites for hydroxylation is 1. The number of benzene rings is 1. The summed E-state index contributed by atoms with van der Waals surface area (Å²) in [5, 5.41) is 15.2. The normalized spacial score (nSPS) is 19.7. The Kier molecular flexibility index (Phi) is 4.58. The summed E-state index contributed by atoms with van der Waals surface area (Å²) in [6.45, 7) is 6.15. The second-order valence-corrected chi connectivity index (χ2v) is 8.07. The van der Waals surface area contributed by atoms with Crippen molar-refractivity contribution >= 4 is 16.3 Å². The number of rotatable bonds is 4. The van der Waals surface area contributed by atoms with Gasteiger partial charge in [-0.15, -0.1) is 5.10 Å². The van der Waals surface area contributed by atoms with Crippen LogP contribution in [0.5, 0.6) is 11.6 Å². The van der Waals surface area contributed by atoms with Crippen LogP contribution in [0.4, 0.5) is 0 Å². The van der Waals surface area contributed by atoms with E-state index in [0.717, 1.165) is 34.2 Å². The van der Waals surface area contributed by atoms with Crippen LogP contribution >= 0.6 is 11.3 Å². The minimum absolute atomic E-state index is 0.0262. The van der Waals surface area contributed by atoms with Gasteiger partial charge in [0.15, 0.2) is 0 Å². The van der Waals surface area contributed by atoms with Gasteiger partial charge in [0.2, 0.25) is 10.8 Å². The van der Waals surface area contributed by atoms with Gasteiger partial charge in [-0.2, -0.15) is 4.52 Å². The van der Waals surface area contributed by atoms with E-state index in [4.69, 9.17) is 4.74 Å². The molecule has 7 heteroatoms. The van der Waals surface area contributed by atoms with Crippen LogP contribution in [-0.2, 0) is 0 Å². The highest BCUT2D eigenvalue weighted by Crippen LogP contribution is 2.41. The summed E-state index contributed by atoms with van der Waals surface area (Å²) < 4.78 is 6.98. The number of aromatic hydroxyl groups is 1. The van der Waals surface area contributed by atoms with Crippen molar-refractivity contribution in [2.24, 2.45) is 5.92 Å². The zero-order valence-electron chi connectivity index (χ0n) is 15.3. The van der Waals surface area contributed by atoms with Gasteiger partial charge in [0.25, 0.3) is 0 Å². The molecule has 6 nitrogen and oxygen atoms in total. The van der Waals surface area contributed by atoms with E-state index in [2.05, 4.69) is 34.0 Å². The SMILES string of the molecule is COc1cccc([C@@H](c2sc3nc(C)nn3c2O)N2CCC[C@@H](C)C2)c1. The average Bonchev–Trinajstić information content (AvgIpc) is 3.13. The lowest BCUT2D eigenvalue weighted by Gasteiger charge is -2.37. The molecular weight excluding hydrogens is 348 g/mol. The number of piperidine rings is 1. The van der Waals surface area contributed by atoms with E-state index in [1.165, 1.54) is 24.2 Å². The van der Waals surface area contributed by atoms with Gasteiger partial charge in [-0.25, -0.2) is 4.98 Å². The molecule has 138 valence electrons. The first kappa shape index (κ1) is 17.3. The minimum atomic E-state index is -0.0262. The van der Waals surface area contributed by atoms with Gasteiger partial charge >= 0.3 is 0 Å². The number of likely N-dealkylation sites (tertiary alicyclic amines) is 1. The van der Waals surface area contributed by atoms with Crippen molar-refractivity contribution < 1.29 is 9.84 Å². The summed E-state index contributed by atoms with van der Waals surface area (Å²) in [6.07, 6.45) is 2.42. The molecule has 1 N–H and O–H groups in total. The van der Waals surface area contributed by atoms with Crippen LogP contribution in [0, 0.1) is 12.8 Å². The zero-order chi connectivity index (χ0) is 18.3. The number of thiazole rings is 1. The molecule has 0 aliphatic carbocycles. The Morgan fingerprint density at radius 2 is 2.23 bits per heavy atom. The average molecular weight is 372 g/mol. The monoisotopic (exact) mass is 372 g/mol. The van der Waals surface area contributed by atoms with E-state index in [-0.39, 0.29) is 11.9 Å². The van der Waals surface area contributed by atoms with E-state index in [9.17, 15) is 5.11 Å². The van der Waals surface area contributed by atoms with Crippen LogP contribution in [0.2, 0.25) is 0 Å². The highest BCUT2D eigenvalue weighted by Gasteiger charge is 2.32. The fourth-order valence-electron chi connectivity index (χ4n) is 3.83. The number of aromatic nitrogens is 3. The topological polar surface area (TPSA) is 62.9 Å². The maximum atomic E-state index is 10.9. The van der Waals surface area contributed by atoms with Gasteiger partial charge in [0, 0.05) is 6.54 Å². The molecule has 0 saturated carbocycles. The van der Waals surface area contributed by atoms with Gasteiger partial charge in [0.05, 0.1) is 18.0 Å². The number of nitrogens with zero attached hydrogens (tertiary/aromatic N) is 4. The van der Waals surface area contributed by atoms with Gasteiger partial charge in [-0.3, -0.25) is 4.90 Å². The standard InChI is InChI=1S/C19H24N4O2S/c1-12-6-5-9-22(11-12)16(14-7-4-8-15(10-14)25-3)17-18(24)23-19(26-17)20-13(2)21-23/h4,7-8,10,12,16,24H,5-6,9,11H2,1-3H3/t12-,16+/m1/s1. The number of methoxy groups -OCH3 is 1. The molecule has 1 saturated heterocycles. The predicted molar refractivity (Wildman–Crippen MR) is 102 cm³/mol. The minimum Gasteiger partial charge on any atom is -0.497 e.